The van der Waals surface area contributed by atoms with Gasteiger partial charge >= 0.3 is 0 Å². The van der Waals surface area contributed by atoms with Crippen LogP contribution in [0.5, 0.6) is 0 Å². The summed E-state index contributed by atoms with van der Waals surface area (Å²) >= 11 is 0. The second kappa shape index (κ2) is 11.2. The highest BCUT2D eigenvalue weighted by molar-refractivity contribution is 6.28. The van der Waals surface area contributed by atoms with E-state index in [4.69, 9.17) is 8.83 Å². The Morgan fingerprint density at radius 1 is 0.279 bits per heavy atom. The average molecular weight is 773 g/mol. The van der Waals surface area contributed by atoms with Crippen molar-refractivity contribution in [3.8, 4) is 44.5 Å². The molecule has 11 aromatic carbocycles. The van der Waals surface area contributed by atoms with Crippen molar-refractivity contribution < 1.29 is 8.83 Å². The smallest absolute Gasteiger partial charge is 0.178 e. The van der Waals surface area contributed by atoms with Gasteiger partial charge in [0.2, 0.25) is 0 Å². The van der Waals surface area contributed by atoms with E-state index in [1.807, 2.05) is 12.1 Å². The van der Waals surface area contributed by atoms with Crippen molar-refractivity contribution in [3.05, 3.63) is 216 Å². The van der Waals surface area contributed by atoms with E-state index in [0.29, 0.717) is 0 Å². The highest BCUT2D eigenvalue weighted by Gasteiger charge is 2.51. The largest absolute Gasteiger partial charge is 0.452 e. The van der Waals surface area contributed by atoms with Crippen LogP contribution in [-0.2, 0) is 5.41 Å². The van der Waals surface area contributed by atoms with E-state index in [1.54, 1.807) is 0 Å². The molecule has 2 aliphatic carbocycles. The second-order valence-corrected chi connectivity index (χ2v) is 17.0. The molecule has 2 nitrogen and oxygen atoms in total. The van der Waals surface area contributed by atoms with Gasteiger partial charge in [-0.2, -0.15) is 0 Å². The zero-order chi connectivity index (χ0) is 39.6. The Hall–Kier alpha value is -7.94. The predicted octanol–water partition coefficient (Wildman–Crippen LogP) is 16.1. The van der Waals surface area contributed by atoms with Crippen LogP contribution in [0.2, 0.25) is 0 Å². The van der Waals surface area contributed by atoms with Crippen molar-refractivity contribution in [3.63, 3.8) is 0 Å². The van der Waals surface area contributed by atoms with Crippen LogP contribution in [-0.4, -0.2) is 0 Å². The summed E-state index contributed by atoms with van der Waals surface area (Å²) in [5.74, 6) is 0. The van der Waals surface area contributed by atoms with Gasteiger partial charge in [0.1, 0.15) is 11.2 Å². The van der Waals surface area contributed by atoms with Crippen molar-refractivity contribution >= 4 is 76.2 Å². The summed E-state index contributed by atoms with van der Waals surface area (Å²) in [7, 11) is 0. The Morgan fingerprint density at radius 2 is 0.705 bits per heavy atom. The maximum atomic E-state index is 6.68. The minimum Gasteiger partial charge on any atom is -0.452 e. The summed E-state index contributed by atoms with van der Waals surface area (Å²) in [6.07, 6.45) is 0. The van der Waals surface area contributed by atoms with Gasteiger partial charge in [-0.05, 0) is 135 Å². The lowest BCUT2D eigenvalue weighted by atomic mass is 9.70. The van der Waals surface area contributed by atoms with Crippen molar-refractivity contribution in [1.82, 2.24) is 0 Å². The lowest BCUT2D eigenvalue weighted by Crippen LogP contribution is -2.25. The molecule has 2 heteroatoms. The van der Waals surface area contributed by atoms with E-state index in [1.165, 1.54) is 93.5 Å². The summed E-state index contributed by atoms with van der Waals surface area (Å²) in [5, 5.41) is 12.0. The number of hydrogen-bond donors (Lipinski definition) is 0. The number of rotatable bonds is 2. The van der Waals surface area contributed by atoms with Gasteiger partial charge in [0, 0.05) is 21.5 Å². The van der Waals surface area contributed by atoms with Gasteiger partial charge in [-0.15, -0.1) is 0 Å². The number of benzene rings is 11. The summed E-state index contributed by atoms with van der Waals surface area (Å²) in [5.41, 5.74) is 18.5. The molecule has 0 aliphatic heterocycles. The molecule has 2 aliphatic rings. The van der Waals surface area contributed by atoms with Crippen LogP contribution in [0.25, 0.3) is 121 Å². The second-order valence-electron chi connectivity index (χ2n) is 17.0. The molecule has 15 rings (SSSR count). The topological polar surface area (TPSA) is 26.3 Å². The van der Waals surface area contributed by atoms with E-state index in [0.717, 1.165) is 49.4 Å². The number of hydrogen-bond acceptors (Lipinski definition) is 2. The molecular weight excluding hydrogens is 741 g/mol. The van der Waals surface area contributed by atoms with Crippen LogP contribution in [0.15, 0.2) is 203 Å². The van der Waals surface area contributed by atoms with E-state index in [2.05, 4.69) is 182 Å². The van der Waals surface area contributed by atoms with Gasteiger partial charge in [0.05, 0.1) is 5.41 Å². The van der Waals surface area contributed by atoms with E-state index in [-0.39, 0.29) is 5.41 Å². The first-order chi connectivity index (χ1) is 30.2. The maximum Gasteiger partial charge on any atom is 0.178 e. The van der Waals surface area contributed by atoms with E-state index >= 15 is 0 Å². The zero-order valence-electron chi connectivity index (χ0n) is 32.8. The summed E-state index contributed by atoms with van der Waals surface area (Å²) in [4.78, 5) is 0. The van der Waals surface area contributed by atoms with Gasteiger partial charge < -0.3 is 8.83 Å². The maximum absolute atomic E-state index is 6.68. The monoisotopic (exact) mass is 772 g/mol. The zero-order valence-corrected chi connectivity index (χ0v) is 32.8. The molecule has 0 saturated heterocycles. The SMILES string of the molecule is c1ccc2c(c1)-c1ccccc1C21c2ccccc2-c2ccc(-c3ccc4ccc5c(-c6ccc7c(c6)oc6c7ccc7c8ccccc8oc76)ccc6ccc3c4c65)cc21. The molecule has 13 aromatic rings. The van der Waals surface area contributed by atoms with Crippen LogP contribution in [0.3, 0.4) is 0 Å². The first kappa shape index (κ1) is 32.0. The van der Waals surface area contributed by atoms with Crippen molar-refractivity contribution in [2.45, 2.75) is 5.41 Å². The summed E-state index contributed by atoms with van der Waals surface area (Å²) < 4.78 is 13.0. The van der Waals surface area contributed by atoms with Crippen LogP contribution in [0.4, 0.5) is 0 Å². The minimum absolute atomic E-state index is 0.382. The van der Waals surface area contributed by atoms with Crippen molar-refractivity contribution in [2.75, 3.05) is 0 Å². The molecule has 2 heterocycles. The van der Waals surface area contributed by atoms with Crippen molar-refractivity contribution in [2.24, 2.45) is 0 Å². The Labute approximate surface area is 349 Å². The fourth-order valence-corrected chi connectivity index (χ4v) is 11.8. The molecule has 0 radical (unpaired) electrons. The van der Waals surface area contributed by atoms with Crippen molar-refractivity contribution in [1.29, 1.82) is 0 Å². The number of fused-ring (bicyclic) bond motifs is 17. The Kier molecular flexibility index (Phi) is 5.87. The van der Waals surface area contributed by atoms with Gasteiger partial charge in [0.15, 0.2) is 11.2 Å². The quantitative estimate of drug-likeness (QED) is 0.164. The molecule has 1 spiro atoms. The van der Waals surface area contributed by atoms with Gasteiger partial charge in [-0.25, -0.2) is 0 Å². The molecule has 0 N–H and O–H groups in total. The predicted molar refractivity (Wildman–Crippen MR) is 252 cm³/mol. The summed E-state index contributed by atoms with van der Waals surface area (Å²) in [6, 6.07) is 72.1. The molecule has 0 atom stereocenters. The van der Waals surface area contributed by atoms with Crippen LogP contribution in [0, 0.1) is 0 Å². The normalized spacial score (nSPS) is 13.7. The Balaban J connectivity index is 0.926. The first-order valence-corrected chi connectivity index (χ1v) is 21.2. The van der Waals surface area contributed by atoms with Gasteiger partial charge in [-0.3, -0.25) is 0 Å². The third kappa shape index (κ3) is 3.89. The molecule has 0 unspecified atom stereocenters. The van der Waals surface area contributed by atoms with E-state index in [9.17, 15) is 0 Å². The van der Waals surface area contributed by atoms with Crippen LogP contribution >= 0.6 is 0 Å². The molecule has 0 saturated carbocycles. The molecule has 0 bridgehead atoms. The first-order valence-electron chi connectivity index (χ1n) is 21.2. The number of furan rings is 2. The lowest BCUT2D eigenvalue weighted by Gasteiger charge is -2.30. The van der Waals surface area contributed by atoms with Crippen LogP contribution in [0.1, 0.15) is 22.3 Å². The molecular formula is C59H32O2. The fourth-order valence-electron chi connectivity index (χ4n) is 11.8. The molecule has 0 fully saturated rings. The third-order valence-corrected chi connectivity index (χ3v) is 14.3. The van der Waals surface area contributed by atoms with E-state index < -0.39 is 0 Å². The highest BCUT2D eigenvalue weighted by Crippen LogP contribution is 2.63. The average Bonchev–Trinajstić information content (AvgIpc) is 4.05. The minimum atomic E-state index is -0.382. The molecule has 61 heavy (non-hydrogen) atoms. The standard InChI is InChI=1S/C59H32O2/c1-5-13-49-39(9-1)40-10-2-6-14-50(40)59(49)51-15-7-3-11-41(51)42-25-21-35(31-52(42)59)37-23-17-33-20-28-46-38(24-18-34-19-27-45(37)55(33)56(34)46)36-22-26-44-48-30-29-47-43-12-4-8-16-53(43)60-57(47)58(48)61-54(44)32-36/h1-32H. The Bertz CT molecular complexity index is 4000. The highest BCUT2D eigenvalue weighted by atomic mass is 16.4. The Morgan fingerprint density at radius 3 is 1.33 bits per heavy atom. The fraction of sp³-hybridized carbons (Fsp3) is 0.0169. The molecule has 280 valence electrons. The van der Waals surface area contributed by atoms with Gasteiger partial charge in [-0.1, -0.05) is 158 Å². The number of para-hydroxylation sites is 1. The molecule has 2 aromatic heterocycles. The lowest BCUT2D eigenvalue weighted by molar-refractivity contribution is 0.633. The van der Waals surface area contributed by atoms with Gasteiger partial charge in [0.25, 0.3) is 0 Å². The third-order valence-electron chi connectivity index (χ3n) is 14.3. The summed E-state index contributed by atoms with van der Waals surface area (Å²) in [6.45, 7) is 0. The molecule has 0 amide bonds. The van der Waals surface area contributed by atoms with Crippen LogP contribution < -0.4 is 0 Å².